The molecule has 2 N–H and O–H groups in total. The molecule has 0 aliphatic rings. The van der Waals surface area contributed by atoms with Gasteiger partial charge in [-0.15, -0.1) is 11.3 Å². The summed E-state index contributed by atoms with van der Waals surface area (Å²) in [6, 6.07) is 21.8. The Labute approximate surface area is 217 Å². The quantitative estimate of drug-likeness (QED) is 0.314. The van der Waals surface area contributed by atoms with Gasteiger partial charge >= 0.3 is 0 Å². The lowest BCUT2D eigenvalue weighted by atomic mass is 10.1. The number of fused-ring (bicyclic) bond motifs is 2. The number of aromatic amines is 1. The molecule has 4 aromatic heterocycles. The normalized spacial score (nSPS) is 12.0. The molecule has 0 aliphatic heterocycles. The van der Waals surface area contributed by atoms with Crippen LogP contribution in [0.2, 0.25) is 0 Å². The Morgan fingerprint density at radius 2 is 1.70 bits per heavy atom. The number of pyridine rings is 1. The second kappa shape index (κ2) is 9.06. The molecule has 6 rings (SSSR count). The minimum atomic E-state index is -0.959. The molecule has 0 unspecified atom stereocenters. The minimum absolute atomic E-state index is 0.202. The van der Waals surface area contributed by atoms with Crippen LogP contribution in [0.3, 0.4) is 0 Å². The molecule has 4 heterocycles. The highest BCUT2D eigenvalue weighted by Crippen LogP contribution is 2.36. The van der Waals surface area contributed by atoms with Crippen molar-refractivity contribution in [3.8, 4) is 21.1 Å². The van der Waals surface area contributed by atoms with Crippen molar-refractivity contribution in [2.45, 2.75) is 32.4 Å². The van der Waals surface area contributed by atoms with Gasteiger partial charge in [-0.2, -0.15) is 0 Å². The zero-order chi connectivity index (χ0) is 25.6. The highest BCUT2D eigenvalue weighted by molar-refractivity contribution is 7.18. The summed E-state index contributed by atoms with van der Waals surface area (Å²) >= 11 is 1.64. The number of nitrogens with one attached hydrogen (secondary N) is 1. The van der Waals surface area contributed by atoms with Gasteiger partial charge in [0.15, 0.2) is 5.82 Å². The minimum Gasteiger partial charge on any atom is -0.389 e. The fourth-order valence-corrected chi connectivity index (χ4v) is 5.53. The summed E-state index contributed by atoms with van der Waals surface area (Å²) in [5.41, 5.74) is 4.33. The maximum atomic E-state index is 12.8. The topological polar surface area (TPSA) is 96.7 Å². The van der Waals surface area contributed by atoms with Crippen LogP contribution >= 0.6 is 11.3 Å². The molecule has 8 heteroatoms. The van der Waals surface area contributed by atoms with E-state index in [0.717, 1.165) is 37.7 Å². The molecular weight excluding hydrogens is 482 g/mol. The number of aromatic nitrogens is 5. The summed E-state index contributed by atoms with van der Waals surface area (Å²) in [6.07, 6.45) is 4.01. The first-order valence-electron chi connectivity index (χ1n) is 12.0. The van der Waals surface area contributed by atoms with E-state index in [1.54, 1.807) is 37.6 Å². The Hall–Kier alpha value is -4.14. The molecule has 0 spiro atoms. The number of H-pyrrole nitrogens is 1. The fraction of sp³-hybridized carbons (Fsp3) is 0.172. The summed E-state index contributed by atoms with van der Waals surface area (Å²) in [5.74, 6) is 0.768. The average molecular weight is 508 g/mol. The summed E-state index contributed by atoms with van der Waals surface area (Å²) in [6.45, 7) is 3.93. The van der Waals surface area contributed by atoms with Crippen molar-refractivity contribution < 1.29 is 5.11 Å². The van der Waals surface area contributed by atoms with E-state index in [9.17, 15) is 9.90 Å². The number of benzene rings is 2. The maximum Gasteiger partial charge on any atom is 0.270 e. The van der Waals surface area contributed by atoms with Gasteiger partial charge in [-0.1, -0.05) is 30.3 Å². The van der Waals surface area contributed by atoms with Crippen LogP contribution in [0, 0.1) is 0 Å². The van der Waals surface area contributed by atoms with Crippen molar-refractivity contribution in [2.75, 3.05) is 0 Å². The lowest BCUT2D eigenvalue weighted by Gasteiger charge is -2.20. The van der Waals surface area contributed by atoms with Crippen molar-refractivity contribution in [3.63, 3.8) is 0 Å². The van der Waals surface area contributed by atoms with E-state index >= 15 is 0 Å². The van der Waals surface area contributed by atoms with Crippen LogP contribution in [-0.4, -0.2) is 35.2 Å². The van der Waals surface area contributed by atoms with Gasteiger partial charge in [-0.05, 0) is 61.4 Å². The van der Waals surface area contributed by atoms with Crippen LogP contribution in [-0.2, 0) is 13.0 Å². The third kappa shape index (κ3) is 4.69. The van der Waals surface area contributed by atoms with Gasteiger partial charge in [0, 0.05) is 23.7 Å². The van der Waals surface area contributed by atoms with Crippen molar-refractivity contribution in [2.24, 2.45) is 0 Å². The SMILES string of the molecule is CC(C)(O)Cn1c(-c2ccc(-c3ccncc3)s2)nc2cc3[nH]c(=O)c(Cc4ccccc4)nc3cc21. The van der Waals surface area contributed by atoms with Crippen LogP contribution in [0.25, 0.3) is 43.2 Å². The number of rotatable bonds is 6. The molecule has 184 valence electrons. The molecule has 0 saturated heterocycles. The maximum absolute atomic E-state index is 12.8. The predicted molar refractivity (Wildman–Crippen MR) is 148 cm³/mol. The fourth-order valence-electron chi connectivity index (χ4n) is 4.52. The molecule has 0 amide bonds. The molecule has 0 bridgehead atoms. The van der Waals surface area contributed by atoms with Crippen LogP contribution in [0.1, 0.15) is 25.1 Å². The lowest BCUT2D eigenvalue weighted by Crippen LogP contribution is -2.26. The van der Waals surface area contributed by atoms with E-state index in [1.807, 2.05) is 59.2 Å². The summed E-state index contributed by atoms with van der Waals surface area (Å²) in [5, 5.41) is 10.7. The Kier molecular flexibility index (Phi) is 5.70. The number of hydrogen-bond donors (Lipinski definition) is 2. The lowest BCUT2D eigenvalue weighted by molar-refractivity contribution is 0.0631. The first-order chi connectivity index (χ1) is 17.8. The van der Waals surface area contributed by atoms with E-state index < -0.39 is 5.60 Å². The van der Waals surface area contributed by atoms with E-state index in [2.05, 4.69) is 22.1 Å². The number of thiophene rings is 1. The van der Waals surface area contributed by atoms with Gasteiger partial charge in [0.25, 0.3) is 5.56 Å². The highest BCUT2D eigenvalue weighted by atomic mass is 32.1. The smallest absolute Gasteiger partial charge is 0.270 e. The van der Waals surface area contributed by atoms with Gasteiger partial charge in [-0.3, -0.25) is 9.78 Å². The number of imidazole rings is 1. The Bertz CT molecular complexity index is 1780. The molecule has 0 saturated carbocycles. The molecule has 6 aromatic rings. The van der Waals surface area contributed by atoms with Gasteiger partial charge in [-0.25, -0.2) is 9.97 Å². The third-order valence-electron chi connectivity index (χ3n) is 6.18. The third-order valence-corrected chi connectivity index (χ3v) is 7.31. The van der Waals surface area contributed by atoms with Crippen LogP contribution in [0.15, 0.2) is 83.9 Å². The summed E-state index contributed by atoms with van der Waals surface area (Å²) in [7, 11) is 0. The Balaban J connectivity index is 1.50. The molecule has 0 aliphatic carbocycles. The van der Waals surface area contributed by atoms with Gasteiger partial charge in [0.2, 0.25) is 0 Å². The van der Waals surface area contributed by atoms with E-state index in [0.29, 0.717) is 29.7 Å². The van der Waals surface area contributed by atoms with Crippen LogP contribution in [0.4, 0.5) is 0 Å². The Morgan fingerprint density at radius 3 is 2.46 bits per heavy atom. The molecule has 0 atom stereocenters. The van der Waals surface area contributed by atoms with Gasteiger partial charge < -0.3 is 14.7 Å². The van der Waals surface area contributed by atoms with Gasteiger partial charge in [0.1, 0.15) is 5.69 Å². The summed E-state index contributed by atoms with van der Waals surface area (Å²) in [4.78, 5) is 31.7. The highest BCUT2D eigenvalue weighted by Gasteiger charge is 2.22. The van der Waals surface area contributed by atoms with Crippen molar-refractivity contribution in [1.29, 1.82) is 0 Å². The number of nitrogens with zero attached hydrogens (tertiary/aromatic N) is 4. The number of hydrogen-bond acceptors (Lipinski definition) is 6. The largest absolute Gasteiger partial charge is 0.389 e. The van der Waals surface area contributed by atoms with Crippen molar-refractivity contribution in [3.05, 3.63) is 101 Å². The molecule has 2 aromatic carbocycles. The molecule has 7 nitrogen and oxygen atoms in total. The molecule has 0 radical (unpaired) electrons. The molecule has 0 fully saturated rings. The second-order valence-corrected chi connectivity index (χ2v) is 10.9. The molecule has 37 heavy (non-hydrogen) atoms. The predicted octanol–water partition coefficient (Wildman–Crippen LogP) is 5.43. The van der Waals surface area contributed by atoms with E-state index in [-0.39, 0.29) is 5.56 Å². The standard InChI is InChI=1S/C29H25N5O2S/c1-29(2,36)17-34-24-16-21-20(33-28(35)23(31-21)14-18-6-4-3-5-7-18)15-22(24)32-27(34)26-9-8-25(37-26)19-10-12-30-13-11-19/h3-13,15-16,36H,14,17H2,1-2H3,(H,33,35). The number of aliphatic hydroxyl groups is 1. The molecular formula is C29H25N5O2S. The Morgan fingerprint density at radius 1 is 0.946 bits per heavy atom. The zero-order valence-electron chi connectivity index (χ0n) is 20.5. The van der Waals surface area contributed by atoms with Crippen LogP contribution in [0.5, 0.6) is 0 Å². The first-order valence-corrected chi connectivity index (χ1v) is 12.9. The average Bonchev–Trinajstić information content (AvgIpc) is 3.49. The van der Waals surface area contributed by atoms with Gasteiger partial charge in [0.05, 0.1) is 39.1 Å². The summed E-state index contributed by atoms with van der Waals surface area (Å²) < 4.78 is 2.04. The van der Waals surface area contributed by atoms with E-state index in [1.165, 1.54) is 0 Å². The van der Waals surface area contributed by atoms with Crippen molar-refractivity contribution >= 4 is 33.4 Å². The first kappa shape index (κ1) is 23.3. The van der Waals surface area contributed by atoms with Crippen LogP contribution < -0.4 is 5.56 Å². The van der Waals surface area contributed by atoms with Crippen molar-refractivity contribution in [1.82, 2.24) is 24.5 Å². The zero-order valence-corrected chi connectivity index (χ0v) is 21.3. The van der Waals surface area contributed by atoms with E-state index in [4.69, 9.17) is 9.97 Å². The second-order valence-electron chi connectivity index (χ2n) is 9.77. The monoisotopic (exact) mass is 507 g/mol.